The summed E-state index contributed by atoms with van der Waals surface area (Å²) in [6, 6.07) is 11.9. The molecule has 3 N–H and O–H groups in total. The number of likely N-dealkylation sites (tertiary alicyclic amines) is 1. The van der Waals surface area contributed by atoms with Gasteiger partial charge >= 0.3 is 6.03 Å². The van der Waals surface area contributed by atoms with E-state index in [-0.39, 0.29) is 6.03 Å². The lowest BCUT2D eigenvalue weighted by Gasteiger charge is -2.30. The molecule has 1 aliphatic heterocycles. The van der Waals surface area contributed by atoms with Crippen molar-refractivity contribution in [3.63, 3.8) is 0 Å². The minimum absolute atomic E-state index is 0.108. The van der Waals surface area contributed by atoms with Crippen LogP contribution >= 0.6 is 0 Å². The summed E-state index contributed by atoms with van der Waals surface area (Å²) in [6.07, 6.45) is 2.53. The lowest BCUT2D eigenvalue weighted by atomic mass is 9.99. The zero-order valence-electron chi connectivity index (χ0n) is 15.5. The third-order valence-electron chi connectivity index (χ3n) is 4.90. The van der Waals surface area contributed by atoms with Crippen LogP contribution < -0.4 is 16.0 Å². The van der Waals surface area contributed by atoms with Gasteiger partial charge in [-0.05, 0) is 50.0 Å². The number of benzene rings is 1. The van der Waals surface area contributed by atoms with E-state index >= 15 is 0 Å². The number of nitrogens with one attached hydrogen (secondary N) is 3. The largest absolute Gasteiger partial charge is 0.368 e. The van der Waals surface area contributed by atoms with Crippen LogP contribution in [-0.4, -0.2) is 55.2 Å². The fraction of sp³-hybridized carbons (Fsp3) is 0.500. The fourth-order valence-electron chi connectivity index (χ4n) is 3.21. The van der Waals surface area contributed by atoms with Gasteiger partial charge in [-0.1, -0.05) is 25.1 Å². The number of pyridine rings is 1. The third kappa shape index (κ3) is 5.59. The summed E-state index contributed by atoms with van der Waals surface area (Å²) in [4.78, 5) is 18.8. The maximum Gasteiger partial charge on any atom is 0.314 e. The Kier molecular flexibility index (Phi) is 6.66. The third-order valence-corrected chi connectivity index (χ3v) is 4.90. The number of aromatic nitrogens is 1. The molecule has 2 amide bonds. The van der Waals surface area contributed by atoms with Crippen molar-refractivity contribution < 1.29 is 4.79 Å². The summed E-state index contributed by atoms with van der Waals surface area (Å²) in [6.45, 7) is 7.43. The Labute approximate surface area is 155 Å². The molecule has 3 rings (SSSR count). The molecule has 0 atom stereocenters. The number of amides is 2. The molecule has 1 saturated heterocycles. The maximum absolute atomic E-state index is 11.8. The lowest BCUT2D eigenvalue weighted by molar-refractivity contribution is 0.191. The van der Waals surface area contributed by atoms with Gasteiger partial charge in [0.25, 0.3) is 0 Å². The molecule has 1 fully saturated rings. The number of rotatable bonds is 7. The van der Waals surface area contributed by atoms with Gasteiger partial charge in [0.05, 0.1) is 5.52 Å². The number of hydrogen-bond acceptors (Lipinski definition) is 4. The van der Waals surface area contributed by atoms with Crippen LogP contribution in [-0.2, 0) is 0 Å². The van der Waals surface area contributed by atoms with Gasteiger partial charge in [-0.3, -0.25) is 0 Å². The van der Waals surface area contributed by atoms with Crippen LogP contribution in [0.5, 0.6) is 0 Å². The number of carbonyl (C=O) groups is 1. The number of urea groups is 1. The number of anilines is 1. The molecule has 0 saturated carbocycles. The highest BCUT2D eigenvalue weighted by atomic mass is 16.2. The summed E-state index contributed by atoms with van der Waals surface area (Å²) < 4.78 is 0. The Balaban J connectivity index is 1.28. The monoisotopic (exact) mass is 355 g/mol. The van der Waals surface area contributed by atoms with Gasteiger partial charge in [0, 0.05) is 31.6 Å². The average Bonchev–Trinajstić information content (AvgIpc) is 2.67. The van der Waals surface area contributed by atoms with Crippen molar-refractivity contribution in [2.24, 2.45) is 5.92 Å². The van der Waals surface area contributed by atoms with E-state index in [1.807, 2.05) is 36.4 Å². The SMILES string of the molecule is CC1CCN(CCNC(=O)NCCNc2ccc3ccccc3n2)CC1. The number of fused-ring (bicyclic) bond motifs is 1. The molecule has 0 bridgehead atoms. The molecule has 140 valence electrons. The normalized spacial score (nSPS) is 15.7. The van der Waals surface area contributed by atoms with E-state index in [2.05, 4.69) is 32.8 Å². The van der Waals surface area contributed by atoms with E-state index in [0.717, 1.165) is 42.3 Å². The highest BCUT2D eigenvalue weighted by Crippen LogP contribution is 2.15. The standard InChI is InChI=1S/C20H29N5O/c1-16-8-13-25(14-9-16)15-12-23-20(26)22-11-10-21-19-7-6-17-4-2-3-5-18(17)24-19/h2-7,16H,8-15H2,1H3,(H,21,24)(H2,22,23,26). The molecule has 2 heterocycles. The Morgan fingerprint density at radius 1 is 1.08 bits per heavy atom. The van der Waals surface area contributed by atoms with E-state index in [1.165, 1.54) is 12.8 Å². The summed E-state index contributed by atoms with van der Waals surface area (Å²) in [5.41, 5.74) is 0.968. The number of para-hydroxylation sites is 1. The van der Waals surface area contributed by atoms with Crippen molar-refractivity contribution >= 4 is 22.8 Å². The van der Waals surface area contributed by atoms with Crippen molar-refractivity contribution in [3.05, 3.63) is 36.4 Å². The Hall–Kier alpha value is -2.34. The van der Waals surface area contributed by atoms with Gasteiger partial charge < -0.3 is 20.9 Å². The summed E-state index contributed by atoms with van der Waals surface area (Å²) in [7, 11) is 0. The summed E-state index contributed by atoms with van der Waals surface area (Å²) in [5, 5.41) is 10.2. The second-order valence-electron chi connectivity index (χ2n) is 7.02. The molecule has 0 radical (unpaired) electrons. The first-order valence-electron chi connectivity index (χ1n) is 9.54. The first-order chi connectivity index (χ1) is 12.7. The van der Waals surface area contributed by atoms with Crippen LogP contribution in [0.3, 0.4) is 0 Å². The van der Waals surface area contributed by atoms with Crippen molar-refractivity contribution in [1.29, 1.82) is 0 Å². The van der Waals surface area contributed by atoms with Gasteiger partial charge in [-0.15, -0.1) is 0 Å². The minimum atomic E-state index is -0.108. The zero-order chi connectivity index (χ0) is 18.2. The van der Waals surface area contributed by atoms with E-state index < -0.39 is 0 Å². The molecule has 0 spiro atoms. The van der Waals surface area contributed by atoms with Gasteiger partial charge in [0.1, 0.15) is 5.82 Å². The van der Waals surface area contributed by atoms with Crippen molar-refractivity contribution in [2.45, 2.75) is 19.8 Å². The Morgan fingerprint density at radius 3 is 2.69 bits per heavy atom. The smallest absolute Gasteiger partial charge is 0.314 e. The molecule has 6 heteroatoms. The topological polar surface area (TPSA) is 69.3 Å². The van der Waals surface area contributed by atoms with Gasteiger partial charge in [0.15, 0.2) is 0 Å². The van der Waals surface area contributed by atoms with Crippen LogP contribution in [0.1, 0.15) is 19.8 Å². The van der Waals surface area contributed by atoms with Gasteiger partial charge in [0.2, 0.25) is 0 Å². The molecule has 2 aromatic rings. The van der Waals surface area contributed by atoms with Crippen LogP contribution in [0, 0.1) is 5.92 Å². The van der Waals surface area contributed by atoms with Crippen molar-refractivity contribution in [2.75, 3.05) is 44.6 Å². The second-order valence-corrected chi connectivity index (χ2v) is 7.02. The van der Waals surface area contributed by atoms with E-state index in [1.54, 1.807) is 0 Å². The molecule has 0 aliphatic carbocycles. The van der Waals surface area contributed by atoms with Crippen molar-refractivity contribution in [3.8, 4) is 0 Å². The molecule has 0 unspecified atom stereocenters. The molecule has 1 aromatic carbocycles. The van der Waals surface area contributed by atoms with E-state index in [0.29, 0.717) is 19.6 Å². The number of piperidine rings is 1. The minimum Gasteiger partial charge on any atom is -0.368 e. The van der Waals surface area contributed by atoms with Crippen LogP contribution in [0.4, 0.5) is 10.6 Å². The Morgan fingerprint density at radius 2 is 1.85 bits per heavy atom. The number of hydrogen-bond donors (Lipinski definition) is 3. The molecular formula is C20H29N5O. The van der Waals surface area contributed by atoms with Crippen LogP contribution in [0.2, 0.25) is 0 Å². The number of nitrogens with zero attached hydrogens (tertiary/aromatic N) is 2. The highest BCUT2D eigenvalue weighted by molar-refractivity contribution is 5.80. The maximum atomic E-state index is 11.8. The Bertz CT molecular complexity index is 712. The average molecular weight is 355 g/mol. The zero-order valence-corrected chi connectivity index (χ0v) is 15.5. The molecular weight excluding hydrogens is 326 g/mol. The summed E-state index contributed by atoms with van der Waals surface area (Å²) in [5.74, 6) is 1.66. The van der Waals surface area contributed by atoms with E-state index in [9.17, 15) is 4.79 Å². The second kappa shape index (κ2) is 9.38. The number of carbonyl (C=O) groups excluding carboxylic acids is 1. The molecule has 1 aromatic heterocycles. The first-order valence-corrected chi connectivity index (χ1v) is 9.54. The molecule has 26 heavy (non-hydrogen) atoms. The predicted octanol–water partition coefficient (Wildman–Crippen LogP) is 2.68. The highest BCUT2D eigenvalue weighted by Gasteiger charge is 2.15. The molecule has 6 nitrogen and oxygen atoms in total. The van der Waals surface area contributed by atoms with Gasteiger partial charge in [-0.2, -0.15) is 0 Å². The molecule has 1 aliphatic rings. The lowest BCUT2D eigenvalue weighted by Crippen LogP contribution is -2.43. The van der Waals surface area contributed by atoms with Crippen LogP contribution in [0.25, 0.3) is 10.9 Å². The van der Waals surface area contributed by atoms with E-state index in [4.69, 9.17) is 0 Å². The first kappa shape index (κ1) is 18.5. The van der Waals surface area contributed by atoms with Gasteiger partial charge in [-0.25, -0.2) is 9.78 Å². The van der Waals surface area contributed by atoms with Crippen molar-refractivity contribution in [1.82, 2.24) is 20.5 Å². The quantitative estimate of drug-likeness (QED) is 0.668. The summed E-state index contributed by atoms with van der Waals surface area (Å²) >= 11 is 0. The predicted molar refractivity (Wildman–Crippen MR) is 106 cm³/mol. The van der Waals surface area contributed by atoms with Crippen LogP contribution in [0.15, 0.2) is 36.4 Å². The fourth-order valence-corrected chi connectivity index (χ4v) is 3.21.